The van der Waals surface area contributed by atoms with Gasteiger partial charge in [0.1, 0.15) is 0 Å². The molecule has 1 rings (SSSR count). The Morgan fingerprint density at radius 3 is 2.13 bits per heavy atom. The molecule has 0 aromatic rings. The highest BCUT2D eigenvalue weighted by molar-refractivity contribution is 6.66. The van der Waals surface area contributed by atoms with Crippen LogP contribution in [0.4, 0.5) is 0 Å². The van der Waals surface area contributed by atoms with Crippen LogP contribution < -0.4 is 0 Å². The van der Waals surface area contributed by atoms with Crippen LogP contribution in [0.1, 0.15) is 13.8 Å². The number of ether oxygens (including phenoxy) is 2. The summed E-state index contributed by atoms with van der Waals surface area (Å²) in [4.78, 5) is 34.9. The number of aliphatic hydroxyl groups is 2. The maximum atomic E-state index is 12.1. The molecule has 2 N–H and O–H groups in total. The van der Waals surface area contributed by atoms with E-state index in [1.165, 1.54) is 26.0 Å². The van der Waals surface area contributed by atoms with Gasteiger partial charge in [-0.1, -0.05) is 12.2 Å². The average Bonchev–Trinajstić information content (AvgIpc) is 2.49. The van der Waals surface area contributed by atoms with Gasteiger partial charge in [-0.2, -0.15) is 0 Å². The summed E-state index contributed by atoms with van der Waals surface area (Å²) < 4.78 is 9.44. The van der Waals surface area contributed by atoms with Crippen LogP contribution in [0.25, 0.3) is 0 Å². The normalized spacial score (nSPS) is 26.7. The molecule has 0 aromatic heterocycles. The lowest BCUT2D eigenvalue weighted by Crippen LogP contribution is -2.63. The van der Waals surface area contributed by atoms with E-state index in [1.54, 1.807) is 0 Å². The summed E-state index contributed by atoms with van der Waals surface area (Å²) in [7, 11) is 0. The molecule has 0 aliphatic heterocycles. The van der Waals surface area contributed by atoms with Crippen LogP contribution in [0.3, 0.4) is 0 Å². The van der Waals surface area contributed by atoms with Crippen molar-refractivity contribution in [2.75, 3.05) is 13.2 Å². The van der Waals surface area contributed by atoms with Gasteiger partial charge in [0.05, 0.1) is 13.2 Å². The molecule has 0 saturated heterocycles. The minimum Gasteiger partial charge on any atom is -0.464 e. The van der Waals surface area contributed by atoms with Crippen molar-refractivity contribution in [2.24, 2.45) is 0 Å². The second-order valence-electron chi connectivity index (χ2n) is 4.59. The van der Waals surface area contributed by atoms with Crippen molar-refractivity contribution in [1.82, 2.24) is 0 Å². The molecule has 0 saturated carbocycles. The lowest BCUT2D eigenvalue weighted by molar-refractivity contribution is -0.195. The van der Waals surface area contributed by atoms with Gasteiger partial charge in [0, 0.05) is 0 Å². The van der Waals surface area contributed by atoms with Crippen molar-refractivity contribution < 1.29 is 34.1 Å². The van der Waals surface area contributed by atoms with Gasteiger partial charge in [-0.15, -0.1) is 0 Å². The van der Waals surface area contributed by atoms with Gasteiger partial charge in [0.2, 0.25) is 16.4 Å². The zero-order valence-corrected chi connectivity index (χ0v) is 13.4. The van der Waals surface area contributed by atoms with Crippen LogP contribution in [0.2, 0.25) is 0 Å². The SMILES string of the molecule is CCOC(=O)C1(O)C=CC(/C=C/C(=O)Cl)=CC1(O)C(=O)OCC. The maximum Gasteiger partial charge on any atom is 0.346 e. The second-order valence-corrected chi connectivity index (χ2v) is 4.96. The van der Waals surface area contributed by atoms with Gasteiger partial charge in [-0.05, 0) is 49.2 Å². The maximum absolute atomic E-state index is 12.1. The molecule has 23 heavy (non-hydrogen) atoms. The molecule has 0 heterocycles. The Hall–Kier alpha value is -1.96. The number of rotatable bonds is 6. The fourth-order valence-corrected chi connectivity index (χ4v) is 1.99. The molecule has 0 aromatic carbocycles. The molecule has 0 spiro atoms. The van der Waals surface area contributed by atoms with Gasteiger partial charge < -0.3 is 19.7 Å². The van der Waals surface area contributed by atoms with Crippen molar-refractivity contribution in [3.8, 4) is 0 Å². The van der Waals surface area contributed by atoms with E-state index < -0.39 is 28.4 Å². The summed E-state index contributed by atoms with van der Waals surface area (Å²) in [5.74, 6) is -2.44. The Labute approximate surface area is 137 Å². The molecule has 7 nitrogen and oxygen atoms in total. The summed E-state index contributed by atoms with van der Waals surface area (Å²) >= 11 is 5.17. The standard InChI is InChI=1S/C15H17ClO7/c1-3-22-12(18)14(20)8-7-10(5-6-11(16)17)9-15(14,21)13(19)23-4-2/h5-9,20-21H,3-4H2,1-2H3/b6-5+. The number of carbonyl (C=O) groups is 3. The molecule has 8 heteroatoms. The number of carbonyl (C=O) groups excluding carboxylic acids is 3. The van der Waals surface area contributed by atoms with Gasteiger partial charge in [0.15, 0.2) is 0 Å². The third-order valence-electron chi connectivity index (χ3n) is 3.05. The van der Waals surface area contributed by atoms with E-state index in [0.717, 1.165) is 18.2 Å². The highest BCUT2D eigenvalue weighted by atomic mass is 35.5. The molecular weight excluding hydrogens is 328 g/mol. The third kappa shape index (κ3) is 3.87. The molecule has 2 atom stereocenters. The minimum absolute atomic E-state index is 0.0644. The van der Waals surface area contributed by atoms with Gasteiger partial charge >= 0.3 is 11.9 Å². The molecule has 0 bridgehead atoms. The van der Waals surface area contributed by atoms with E-state index in [4.69, 9.17) is 21.1 Å². The first-order valence-electron chi connectivity index (χ1n) is 6.80. The molecule has 2 unspecified atom stereocenters. The van der Waals surface area contributed by atoms with E-state index in [1.807, 2.05) is 0 Å². The highest BCUT2D eigenvalue weighted by Gasteiger charge is 2.60. The zero-order valence-electron chi connectivity index (χ0n) is 12.6. The molecule has 0 radical (unpaired) electrons. The zero-order chi connectivity index (χ0) is 17.7. The topological polar surface area (TPSA) is 110 Å². The number of hydrogen-bond donors (Lipinski definition) is 2. The predicted molar refractivity (Wildman–Crippen MR) is 80.4 cm³/mol. The number of esters is 2. The summed E-state index contributed by atoms with van der Waals surface area (Å²) in [5.41, 5.74) is -5.19. The largest absolute Gasteiger partial charge is 0.464 e. The van der Waals surface area contributed by atoms with E-state index in [0.29, 0.717) is 0 Å². The van der Waals surface area contributed by atoms with Crippen molar-refractivity contribution in [3.63, 3.8) is 0 Å². The van der Waals surface area contributed by atoms with Gasteiger partial charge in [0.25, 0.3) is 0 Å². The molecule has 1 aliphatic carbocycles. The van der Waals surface area contributed by atoms with Gasteiger partial charge in [-0.25, -0.2) is 9.59 Å². The van der Waals surface area contributed by atoms with Crippen molar-refractivity contribution >= 4 is 28.8 Å². The van der Waals surface area contributed by atoms with Crippen LogP contribution in [-0.2, 0) is 23.9 Å². The Kier molecular flexibility index (Phi) is 6.26. The summed E-state index contributed by atoms with van der Waals surface area (Å²) in [6.07, 6.45) is 5.23. The van der Waals surface area contributed by atoms with Crippen LogP contribution in [0, 0.1) is 0 Å². The summed E-state index contributed by atoms with van der Waals surface area (Å²) in [6.45, 7) is 2.86. The number of halogens is 1. The van der Waals surface area contributed by atoms with Crippen LogP contribution in [0.15, 0.2) is 36.0 Å². The first-order valence-corrected chi connectivity index (χ1v) is 7.18. The predicted octanol–water partition coefficient (Wildman–Crippen LogP) is 0.393. The smallest absolute Gasteiger partial charge is 0.346 e. The van der Waals surface area contributed by atoms with Crippen molar-refractivity contribution in [1.29, 1.82) is 0 Å². The fourth-order valence-electron chi connectivity index (χ4n) is 1.93. The quantitative estimate of drug-likeness (QED) is 0.407. The molecule has 1 aliphatic rings. The monoisotopic (exact) mass is 344 g/mol. The Bertz CT molecular complexity index is 593. The first kappa shape index (κ1) is 19.1. The molecule has 126 valence electrons. The number of hydrogen-bond acceptors (Lipinski definition) is 7. The fraction of sp³-hybridized carbons (Fsp3) is 0.400. The second kappa shape index (κ2) is 7.54. The summed E-state index contributed by atoms with van der Waals surface area (Å²) in [5, 5.41) is 20.4. The lowest BCUT2D eigenvalue weighted by Gasteiger charge is -2.37. The highest BCUT2D eigenvalue weighted by Crippen LogP contribution is 2.34. The minimum atomic E-state index is -2.71. The Morgan fingerprint density at radius 1 is 1.13 bits per heavy atom. The Morgan fingerprint density at radius 2 is 1.65 bits per heavy atom. The molecule has 0 fully saturated rings. The van der Waals surface area contributed by atoms with E-state index >= 15 is 0 Å². The number of allylic oxidation sites excluding steroid dienone is 4. The van der Waals surface area contributed by atoms with E-state index in [-0.39, 0.29) is 18.8 Å². The van der Waals surface area contributed by atoms with E-state index in [9.17, 15) is 24.6 Å². The summed E-state index contributed by atoms with van der Waals surface area (Å²) in [6, 6.07) is 0. The first-order chi connectivity index (χ1) is 10.7. The van der Waals surface area contributed by atoms with Crippen molar-refractivity contribution in [3.05, 3.63) is 36.0 Å². The lowest BCUT2D eigenvalue weighted by atomic mass is 9.77. The van der Waals surface area contributed by atoms with Crippen molar-refractivity contribution in [2.45, 2.75) is 25.0 Å². The van der Waals surface area contributed by atoms with E-state index in [2.05, 4.69) is 0 Å². The molecular formula is C15H17ClO7. The van der Waals surface area contributed by atoms with Crippen LogP contribution >= 0.6 is 11.6 Å². The van der Waals surface area contributed by atoms with Crippen LogP contribution in [0.5, 0.6) is 0 Å². The van der Waals surface area contributed by atoms with Crippen LogP contribution in [-0.4, -0.2) is 51.8 Å². The third-order valence-corrected chi connectivity index (χ3v) is 3.18. The average molecular weight is 345 g/mol. The Balaban J connectivity index is 3.34. The van der Waals surface area contributed by atoms with Gasteiger partial charge in [-0.3, -0.25) is 4.79 Å². The molecule has 0 amide bonds.